The Kier molecular flexibility index (Phi) is 3.97. The second-order valence-corrected chi connectivity index (χ2v) is 3.72. The lowest BCUT2D eigenvalue weighted by atomic mass is 10.0. The molecular formula is C12H19N. The average Bonchev–Trinajstić information content (AvgIpc) is 2.15. The van der Waals surface area contributed by atoms with Gasteiger partial charge in [0.2, 0.25) is 0 Å². The second kappa shape index (κ2) is 5.03. The van der Waals surface area contributed by atoms with Crippen molar-refractivity contribution in [3.8, 4) is 0 Å². The maximum absolute atomic E-state index is 2.30. The number of benzene rings is 1. The van der Waals surface area contributed by atoms with Crippen LogP contribution in [0.4, 0.5) is 0 Å². The van der Waals surface area contributed by atoms with Crippen LogP contribution in [-0.4, -0.2) is 25.0 Å². The zero-order valence-corrected chi connectivity index (χ0v) is 8.83. The molecule has 0 bridgehead atoms. The van der Waals surface area contributed by atoms with Gasteiger partial charge in [-0.15, -0.1) is 0 Å². The molecule has 0 aliphatic heterocycles. The van der Waals surface area contributed by atoms with Gasteiger partial charge in [-0.2, -0.15) is 0 Å². The Bertz CT molecular complexity index is 228. The summed E-state index contributed by atoms with van der Waals surface area (Å²) in [5, 5.41) is 0. The Morgan fingerprint density at radius 3 is 2.23 bits per heavy atom. The highest BCUT2D eigenvalue weighted by molar-refractivity contribution is 5.15. The summed E-state index contributed by atoms with van der Waals surface area (Å²) < 4.78 is 0. The predicted octanol–water partition coefficient (Wildman–Crippen LogP) is 2.57. The molecule has 0 fully saturated rings. The van der Waals surface area contributed by atoms with E-state index in [4.69, 9.17) is 0 Å². The van der Waals surface area contributed by atoms with Gasteiger partial charge in [-0.3, -0.25) is 0 Å². The van der Waals surface area contributed by atoms with Gasteiger partial charge < -0.3 is 4.90 Å². The molecule has 0 saturated heterocycles. The van der Waals surface area contributed by atoms with E-state index in [0.717, 1.165) is 6.42 Å². The number of hydrogen-bond acceptors (Lipinski definition) is 1. The molecule has 0 radical (unpaired) electrons. The van der Waals surface area contributed by atoms with Crippen molar-refractivity contribution in [2.75, 3.05) is 14.1 Å². The molecule has 1 aromatic carbocycles. The molecule has 1 atom stereocenters. The fourth-order valence-corrected chi connectivity index (χ4v) is 1.58. The lowest BCUT2D eigenvalue weighted by Gasteiger charge is -2.22. The molecule has 1 aromatic rings. The fourth-order valence-electron chi connectivity index (χ4n) is 1.58. The molecule has 0 aromatic heterocycles. The number of rotatable bonds is 4. The van der Waals surface area contributed by atoms with Gasteiger partial charge in [0.1, 0.15) is 0 Å². The van der Waals surface area contributed by atoms with Crippen LogP contribution in [-0.2, 0) is 6.42 Å². The van der Waals surface area contributed by atoms with Crippen molar-refractivity contribution in [3.05, 3.63) is 35.9 Å². The molecule has 0 spiro atoms. The molecule has 72 valence electrons. The van der Waals surface area contributed by atoms with E-state index < -0.39 is 0 Å². The summed E-state index contributed by atoms with van der Waals surface area (Å²) in [6.07, 6.45) is 2.37. The van der Waals surface area contributed by atoms with Gasteiger partial charge in [0.25, 0.3) is 0 Å². The largest absolute Gasteiger partial charge is 0.306 e. The summed E-state index contributed by atoms with van der Waals surface area (Å²) >= 11 is 0. The topological polar surface area (TPSA) is 3.24 Å². The number of nitrogens with zero attached hydrogens (tertiary/aromatic N) is 1. The third-order valence-corrected chi connectivity index (χ3v) is 2.52. The molecule has 1 heteroatoms. The fraction of sp³-hybridized carbons (Fsp3) is 0.500. The third-order valence-electron chi connectivity index (χ3n) is 2.52. The molecular weight excluding hydrogens is 158 g/mol. The zero-order chi connectivity index (χ0) is 9.68. The average molecular weight is 177 g/mol. The Labute approximate surface area is 81.4 Å². The number of likely N-dealkylation sites (N-methyl/N-ethyl adjacent to an activating group) is 1. The van der Waals surface area contributed by atoms with Gasteiger partial charge in [-0.05, 0) is 32.5 Å². The molecule has 0 aliphatic carbocycles. The van der Waals surface area contributed by atoms with Crippen molar-refractivity contribution in [1.29, 1.82) is 0 Å². The first-order valence-corrected chi connectivity index (χ1v) is 4.94. The van der Waals surface area contributed by atoms with E-state index in [1.165, 1.54) is 12.0 Å². The van der Waals surface area contributed by atoms with E-state index >= 15 is 0 Å². The maximum Gasteiger partial charge on any atom is 0.0127 e. The van der Waals surface area contributed by atoms with Crippen LogP contribution in [0.25, 0.3) is 0 Å². The van der Waals surface area contributed by atoms with Crippen molar-refractivity contribution in [2.24, 2.45) is 0 Å². The molecule has 0 amide bonds. The summed E-state index contributed by atoms with van der Waals surface area (Å²) in [5.74, 6) is 0. The van der Waals surface area contributed by atoms with Gasteiger partial charge in [-0.1, -0.05) is 37.3 Å². The van der Waals surface area contributed by atoms with Crippen LogP contribution >= 0.6 is 0 Å². The van der Waals surface area contributed by atoms with Crippen LogP contribution in [0.3, 0.4) is 0 Å². The number of hydrogen-bond donors (Lipinski definition) is 0. The van der Waals surface area contributed by atoms with Crippen LogP contribution < -0.4 is 0 Å². The molecule has 1 nitrogen and oxygen atoms in total. The van der Waals surface area contributed by atoms with E-state index in [0.29, 0.717) is 6.04 Å². The van der Waals surface area contributed by atoms with Gasteiger partial charge in [0, 0.05) is 6.04 Å². The van der Waals surface area contributed by atoms with Crippen molar-refractivity contribution in [1.82, 2.24) is 4.90 Å². The van der Waals surface area contributed by atoms with Crippen LogP contribution in [0.5, 0.6) is 0 Å². The molecule has 0 aliphatic rings. The molecule has 13 heavy (non-hydrogen) atoms. The summed E-state index contributed by atoms with van der Waals surface area (Å²) in [6.45, 7) is 2.24. The summed E-state index contributed by atoms with van der Waals surface area (Å²) in [4.78, 5) is 2.30. The maximum atomic E-state index is 2.30. The first kappa shape index (κ1) is 10.3. The highest BCUT2D eigenvalue weighted by Gasteiger charge is 2.08. The smallest absolute Gasteiger partial charge is 0.0127 e. The van der Waals surface area contributed by atoms with E-state index in [-0.39, 0.29) is 0 Å². The molecule has 0 saturated carbocycles. The van der Waals surface area contributed by atoms with E-state index in [2.05, 4.69) is 56.3 Å². The highest BCUT2D eigenvalue weighted by Crippen LogP contribution is 2.08. The first-order chi connectivity index (χ1) is 6.24. The second-order valence-electron chi connectivity index (χ2n) is 3.72. The lowest BCUT2D eigenvalue weighted by molar-refractivity contribution is 0.284. The van der Waals surface area contributed by atoms with E-state index in [9.17, 15) is 0 Å². The Hall–Kier alpha value is -0.820. The SMILES string of the molecule is CC[C@H](Cc1ccccc1)N(C)C. The zero-order valence-electron chi connectivity index (χ0n) is 8.83. The highest BCUT2D eigenvalue weighted by atomic mass is 15.1. The Morgan fingerprint density at radius 1 is 1.15 bits per heavy atom. The Morgan fingerprint density at radius 2 is 1.77 bits per heavy atom. The quantitative estimate of drug-likeness (QED) is 0.683. The third kappa shape index (κ3) is 3.19. The van der Waals surface area contributed by atoms with E-state index in [1.807, 2.05) is 0 Å². The molecule has 0 unspecified atom stereocenters. The van der Waals surface area contributed by atoms with Crippen molar-refractivity contribution in [2.45, 2.75) is 25.8 Å². The molecule has 0 heterocycles. The van der Waals surface area contributed by atoms with Crippen LogP contribution in [0.15, 0.2) is 30.3 Å². The van der Waals surface area contributed by atoms with Crippen molar-refractivity contribution >= 4 is 0 Å². The minimum atomic E-state index is 0.669. The minimum Gasteiger partial charge on any atom is -0.306 e. The first-order valence-electron chi connectivity index (χ1n) is 4.94. The van der Waals surface area contributed by atoms with Crippen LogP contribution in [0.2, 0.25) is 0 Å². The van der Waals surface area contributed by atoms with Crippen molar-refractivity contribution < 1.29 is 0 Å². The van der Waals surface area contributed by atoms with Crippen molar-refractivity contribution in [3.63, 3.8) is 0 Å². The summed E-state index contributed by atoms with van der Waals surface area (Å²) in [6, 6.07) is 11.4. The van der Waals surface area contributed by atoms with Gasteiger partial charge in [0.05, 0.1) is 0 Å². The van der Waals surface area contributed by atoms with Crippen LogP contribution in [0, 0.1) is 0 Å². The monoisotopic (exact) mass is 177 g/mol. The molecule has 1 rings (SSSR count). The summed E-state index contributed by atoms with van der Waals surface area (Å²) in [5.41, 5.74) is 1.43. The van der Waals surface area contributed by atoms with Gasteiger partial charge in [-0.25, -0.2) is 0 Å². The summed E-state index contributed by atoms with van der Waals surface area (Å²) in [7, 11) is 4.30. The molecule has 0 N–H and O–H groups in total. The van der Waals surface area contributed by atoms with Gasteiger partial charge >= 0.3 is 0 Å². The lowest BCUT2D eigenvalue weighted by Crippen LogP contribution is -2.29. The standard InChI is InChI=1S/C12H19N/c1-4-12(13(2)3)10-11-8-6-5-7-9-11/h5-9,12H,4,10H2,1-3H3/t12-/m1/s1. The minimum absolute atomic E-state index is 0.669. The van der Waals surface area contributed by atoms with Gasteiger partial charge in [0.15, 0.2) is 0 Å². The van der Waals surface area contributed by atoms with Crippen LogP contribution in [0.1, 0.15) is 18.9 Å². The predicted molar refractivity (Wildman–Crippen MR) is 57.9 cm³/mol. The normalized spacial score (nSPS) is 13.2. The van der Waals surface area contributed by atoms with E-state index in [1.54, 1.807) is 0 Å². The Balaban J connectivity index is 2.57.